The third kappa shape index (κ3) is 3.56. The van der Waals surface area contributed by atoms with E-state index in [9.17, 15) is 9.50 Å². The maximum Gasteiger partial charge on any atom is 0.145 e. The number of hydrogen-bond acceptors (Lipinski definition) is 4. The van der Waals surface area contributed by atoms with E-state index >= 15 is 0 Å². The number of rotatable bonds is 4. The van der Waals surface area contributed by atoms with Crippen molar-refractivity contribution in [3.8, 4) is 6.07 Å². The summed E-state index contributed by atoms with van der Waals surface area (Å²) in [6, 6.07) is 10.9. The first-order valence-electron chi connectivity index (χ1n) is 6.59. The molecule has 0 saturated carbocycles. The van der Waals surface area contributed by atoms with E-state index in [0.717, 1.165) is 5.56 Å². The quantitative estimate of drug-likeness (QED) is 0.906. The normalized spacial score (nSPS) is 13.3. The molecule has 2 unspecified atom stereocenters. The molecular weight excluding hydrogens is 269 g/mol. The molecule has 0 amide bonds. The number of pyridine rings is 1. The molecule has 0 bridgehead atoms. The monoisotopic (exact) mass is 285 g/mol. The topological polar surface area (TPSA) is 68.9 Å². The van der Waals surface area contributed by atoms with Gasteiger partial charge in [-0.15, -0.1) is 0 Å². The Morgan fingerprint density at radius 2 is 1.90 bits per heavy atom. The summed E-state index contributed by atoms with van der Waals surface area (Å²) in [7, 11) is 0. The van der Waals surface area contributed by atoms with Gasteiger partial charge in [0.2, 0.25) is 0 Å². The number of nitrogens with zero attached hydrogens (tertiary/aromatic N) is 2. The maximum atomic E-state index is 12.9. The summed E-state index contributed by atoms with van der Waals surface area (Å²) in [5.74, 6) is 0.177. The lowest BCUT2D eigenvalue weighted by atomic mass is 10.0. The number of hydrogen-bond donors (Lipinski definition) is 2. The van der Waals surface area contributed by atoms with E-state index in [1.807, 2.05) is 13.0 Å². The Balaban J connectivity index is 2.12. The van der Waals surface area contributed by atoms with E-state index in [2.05, 4.69) is 10.3 Å². The lowest BCUT2D eigenvalue weighted by molar-refractivity contribution is 0.160. The van der Waals surface area contributed by atoms with Crippen molar-refractivity contribution in [3.05, 3.63) is 59.0 Å². The van der Waals surface area contributed by atoms with Gasteiger partial charge in [0.05, 0.1) is 12.1 Å². The van der Waals surface area contributed by atoms with E-state index < -0.39 is 6.10 Å². The largest absolute Gasteiger partial charge is 0.386 e. The SMILES string of the molecule is Cc1ccc(NC(C)C(O)c2ccc(F)cc2)nc1C#N. The van der Waals surface area contributed by atoms with Crippen molar-refractivity contribution in [1.82, 2.24) is 4.98 Å². The first kappa shape index (κ1) is 14.9. The molecular formula is C16H16FN3O. The standard InChI is InChI=1S/C16H16FN3O/c1-10-3-8-15(20-14(10)9-18)19-11(2)16(21)12-4-6-13(17)7-5-12/h3-8,11,16,21H,1-2H3,(H,19,20). The van der Waals surface area contributed by atoms with Crippen LogP contribution in [0.4, 0.5) is 10.2 Å². The van der Waals surface area contributed by atoms with Gasteiger partial charge in [-0.25, -0.2) is 9.37 Å². The Bertz CT molecular complexity index is 664. The Labute approximate surface area is 122 Å². The number of nitriles is 1. The van der Waals surface area contributed by atoms with Crippen LogP contribution in [0.3, 0.4) is 0 Å². The molecule has 21 heavy (non-hydrogen) atoms. The van der Waals surface area contributed by atoms with Gasteiger partial charge in [-0.2, -0.15) is 5.26 Å². The minimum Gasteiger partial charge on any atom is -0.386 e. The second kappa shape index (κ2) is 6.33. The molecule has 2 atom stereocenters. The second-order valence-electron chi connectivity index (χ2n) is 4.90. The van der Waals surface area contributed by atoms with Crippen molar-refractivity contribution in [2.24, 2.45) is 0 Å². The molecule has 2 aromatic rings. The minimum atomic E-state index is -0.806. The van der Waals surface area contributed by atoms with Crippen LogP contribution in [0.15, 0.2) is 36.4 Å². The molecule has 1 aromatic carbocycles. The van der Waals surface area contributed by atoms with Gasteiger partial charge in [0, 0.05) is 0 Å². The fraction of sp³-hybridized carbons (Fsp3) is 0.250. The van der Waals surface area contributed by atoms with Gasteiger partial charge in [0.25, 0.3) is 0 Å². The van der Waals surface area contributed by atoms with Crippen LogP contribution in [-0.4, -0.2) is 16.1 Å². The molecule has 1 aromatic heterocycles. The van der Waals surface area contributed by atoms with Gasteiger partial charge in [-0.3, -0.25) is 0 Å². The minimum absolute atomic E-state index is 0.336. The zero-order valence-electron chi connectivity index (χ0n) is 11.8. The van der Waals surface area contributed by atoms with Crippen LogP contribution in [0.2, 0.25) is 0 Å². The number of aryl methyl sites for hydroxylation is 1. The average Bonchev–Trinajstić information content (AvgIpc) is 2.49. The number of aliphatic hydroxyl groups excluding tert-OH is 1. The first-order valence-corrected chi connectivity index (χ1v) is 6.59. The predicted molar refractivity (Wildman–Crippen MR) is 78.1 cm³/mol. The Morgan fingerprint density at radius 3 is 2.52 bits per heavy atom. The highest BCUT2D eigenvalue weighted by atomic mass is 19.1. The highest BCUT2D eigenvalue weighted by molar-refractivity contribution is 5.43. The fourth-order valence-electron chi connectivity index (χ4n) is 1.98. The summed E-state index contributed by atoms with van der Waals surface area (Å²) < 4.78 is 12.9. The molecule has 0 spiro atoms. The Morgan fingerprint density at radius 1 is 1.24 bits per heavy atom. The molecule has 2 N–H and O–H groups in total. The number of halogens is 1. The molecule has 0 saturated heterocycles. The Hall–Kier alpha value is -2.45. The number of anilines is 1. The van der Waals surface area contributed by atoms with Crippen LogP contribution < -0.4 is 5.32 Å². The Kier molecular flexibility index (Phi) is 4.51. The van der Waals surface area contributed by atoms with Crippen LogP contribution in [0, 0.1) is 24.1 Å². The predicted octanol–water partition coefficient (Wildman–Crippen LogP) is 2.93. The van der Waals surface area contributed by atoms with Crippen molar-refractivity contribution in [1.29, 1.82) is 5.26 Å². The number of aliphatic hydroxyl groups is 1. The van der Waals surface area contributed by atoms with Crippen LogP contribution in [0.25, 0.3) is 0 Å². The van der Waals surface area contributed by atoms with Crippen molar-refractivity contribution >= 4 is 5.82 Å². The summed E-state index contributed by atoms with van der Waals surface area (Å²) in [4.78, 5) is 4.18. The first-order chi connectivity index (χ1) is 10.0. The number of aromatic nitrogens is 1. The van der Waals surface area contributed by atoms with Crippen molar-refractivity contribution in [2.45, 2.75) is 26.0 Å². The van der Waals surface area contributed by atoms with Gasteiger partial charge in [0.1, 0.15) is 23.4 Å². The van der Waals surface area contributed by atoms with E-state index in [0.29, 0.717) is 17.1 Å². The zero-order valence-corrected chi connectivity index (χ0v) is 11.8. The second-order valence-corrected chi connectivity index (χ2v) is 4.90. The number of benzene rings is 1. The van der Waals surface area contributed by atoms with E-state index in [-0.39, 0.29) is 11.9 Å². The van der Waals surface area contributed by atoms with Gasteiger partial charge in [0.15, 0.2) is 0 Å². The van der Waals surface area contributed by atoms with Gasteiger partial charge >= 0.3 is 0 Å². The van der Waals surface area contributed by atoms with Crippen molar-refractivity contribution < 1.29 is 9.50 Å². The van der Waals surface area contributed by atoms with E-state index in [1.165, 1.54) is 12.1 Å². The maximum absolute atomic E-state index is 12.9. The smallest absolute Gasteiger partial charge is 0.145 e. The third-order valence-electron chi connectivity index (χ3n) is 3.26. The molecule has 4 nitrogen and oxygen atoms in total. The zero-order chi connectivity index (χ0) is 15.4. The fourth-order valence-corrected chi connectivity index (χ4v) is 1.98. The van der Waals surface area contributed by atoms with Gasteiger partial charge < -0.3 is 10.4 Å². The average molecular weight is 285 g/mol. The van der Waals surface area contributed by atoms with Crippen molar-refractivity contribution in [2.75, 3.05) is 5.32 Å². The summed E-state index contributed by atoms with van der Waals surface area (Å²) in [6.07, 6.45) is -0.806. The molecule has 0 aliphatic carbocycles. The third-order valence-corrected chi connectivity index (χ3v) is 3.26. The van der Waals surface area contributed by atoms with Crippen LogP contribution in [-0.2, 0) is 0 Å². The molecule has 0 radical (unpaired) electrons. The van der Waals surface area contributed by atoms with Crippen LogP contribution in [0.5, 0.6) is 0 Å². The molecule has 5 heteroatoms. The summed E-state index contributed by atoms with van der Waals surface area (Å²) in [5, 5.41) is 22.3. The molecule has 108 valence electrons. The lowest BCUT2D eigenvalue weighted by Gasteiger charge is -2.21. The highest BCUT2D eigenvalue weighted by Crippen LogP contribution is 2.20. The lowest BCUT2D eigenvalue weighted by Crippen LogP contribution is -2.24. The van der Waals surface area contributed by atoms with E-state index in [1.54, 1.807) is 31.2 Å². The molecule has 1 heterocycles. The molecule has 0 aliphatic rings. The molecule has 0 aliphatic heterocycles. The van der Waals surface area contributed by atoms with Gasteiger partial charge in [-0.1, -0.05) is 18.2 Å². The molecule has 2 rings (SSSR count). The van der Waals surface area contributed by atoms with Crippen molar-refractivity contribution in [3.63, 3.8) is 0 Å². The number of nitrogens with one attached hydrogen (secondary N) is 1. The molecule has 0 fully saturated rings. The summed E-state index contributed by atoms with van der Waals surface area (Å²) in [5.41, 5.74) is 1.77. The van der Waals surface area contributed by atoms with E-state index in [4.69, 9.17) is 5.26 Å². The summed E-state index contributed by atoms with van der Waals surface area (Å²) in [6.45, 7) is 3.60. The van der Waals surface area contributed by atoms with Crippen LogP contribution in [0.1, 0.15) is 29.8 Å². The summed E-state index contributed by atoms with van der Waals surface area (Å²) >= 11 is 0. The van der Waals surface area contributed by atoms with Gasteiger partial charge in [-0.05, 0) is 43.2 Å². The van der Waals surface area contributed by atoms with Crippen LogP contribution >= 0.6 is 0 Å². The highest BCUT2D eigenvalue weighted by Gasteiger charge is 2.17.